The summed E-state index contributed by atoms with van der Waals surface area (Å²) in [6, 6.07) is 0. The molecule has 10 nitrogen and oxygen atoms in total. The summed E-state index contributed by atoms with van der Waals surface area (Å²) in [5.41, 5.74) is 5.31. The van der Waals surface area contributed by atoms with Gasteiger partial charge in [-0.05, 0) is 0 Å². The monoisotopic (exact) mass is 467 g/mol. The molecule has 32 heavy (non-hydrogen) atoms. The van der Waals surface area contributed by atoms with Crippen LogP contribution in [-0.4, -0.2) is 118 Å². The molecule has 0 aliphatic heterocycles. The van der Waals surface area contributed by atoms with Crippen LogP contribution in [0.15, 0.2) is 0 Å². The number of hydrogen-bond acceptors (Lipinski definition) is 10. The number of nitrogens with two attached hydrogens (primary N) is 1. The maximum atomic E-state index is 11.4. The van der Waals surface area contributed by atoms with E-state index >= 15 is 0 Å². The number of hydrogen-bond donors (Lipinski definition) is 1. The summed E-state index contributed by atoms with van der Waals surface area (Å²) in [5.74, 6) is 0.290. The van der Waals surface area contributed by atoms with Crippen molar-refractivity contribution in [3.05, 3.63) is 0 Å². The Kier molecular flexibility index (Phi) is 26.0. The summed E-state index contributed by atoms with van der Waals surface area (Å²) in [6.45, 7) is 12.6. The smallest absolute Gasteiger partial charge is 0.137 e. The van der Waals surface area contributed by atoms with E-state index in [1.54, 1.807) is 0 Å². The van der Waals surface area contributed by atoms with Crippen molar-refractivity contribution in [2.45, 2.75) is 20.3 Å². The van der Waals surface area contributed by atoms with E-state index in [1.165, 1.54) is 0 Å². The Balaban J connectivity index is 3.04. The minimum absolute atomic E-state index is 0.0672. The van der Waals surface area contributed by atoms with E-state index in [-0.39, 0.29) is 11.7 Å². The minimum atomic E-state index is 0.0672. The zero-order chi connectivity index (χ0) is 23.5. The van der Waals surface area contributed by atoms with Gasteiger partial charge in [-0.15, -0.1) is 0 Å². The van der Waals surface area contributed by atoms with Crippen molar-refractivity contribution in [3.63, 3.8) is 0 Å². The summed E-state index contributed by atoms with van der Waals surface area (Å²) in [6.07, 6.45) is 0.460. The Morgan fingerprint density at radius 2 is 0.750 bits per heavy atom. The Hall–Kier alpha value is -0.690. The fraction of sp³-hybridized carbons (Fsp3) is 0.955. The Bertz CT molecular complexity index is 386. The highest BCUT2D eigenvalue weighted by Crippen LogP contribution is 1.98. The molecule has 10 heteroatoms. The normalized spacial score (nSPS) is 11.5. The molecule has 0 bridgehead atoms. The lowest BCUT2D eigenvalue weighted by atomic mass is 10.1. The first-order valence-electron chi connectivity index (χ1n) is 11.5. The number of Topliss-reactive ketones (excluding diaryl/α,β-unsaturated/α-hetero) is 1. The summed E-state index contributed by atoms with van der Waals surface area (Å²) in [7, 11) is 0. The first-order valence-corrected chi connectivity index (χ1v) is 11.5. The summed E-state index contributed by atoms with van der Waals surface area (Å²) in [5, 5.41) is 0. The van der Waals surface area contributed by atoms with Crippen LogP contribution in [0.4, 0.5) is 0 Å². The van der Waals surface area contributed by atoms with E-state index in [4.69, 9.17) is 43.6 Å². The molecule has 0 unspecified atom stereocenters. The van der Waals surface area contributed by atoms with Crippen LogP contribution >= 0.6 is 0 Å². The van der Waals surface area contributed by atoms with Gasteiger partial charge in [-0.1, -0.05) is 13.8 Å². The molecule has 0 aliphatic carbocycles. The topological polar surface area (TPSA) is 117 Å². The molecular formula is C22H45NO9. The van der Waals surface area contributed by atoms with Crippen molar-refractivity contribution in [3.8, 4) is 0 Å². The van der Waals surface area contributed by atoms with Crippen LogP contribution < -0.4 is 5.73 Å². The lowest BCUT2D eigenvalue weighted by molar-refractivity contribution is -0.123. The van der Waals surface area contributed by atoms with Gasteiger partial charge >= 0.3 is 0 Å². The fourth-order valence-electron chi connectivity index (χ4n) is 2.19. The molecule has 0 rings (SSSR count). The van der Waals surface area contributed by atoms with Gasteiger partial charge in [0.1, 0.15) is 5.78 Å². The van der Waals surface area contributed by atoms with Crippen LogP contribution in [-0.2, 0) is 42.7 Å². The predicted octanol–water partition coefficient (Wildman–Crippen LogP) is 0.693. The van der Waals surface area contributed by atoms with Crippen molar-refractivity contribution in [2.75, 3.05) is 112 Å². The van der Waals surface area contributed by atoms with Crippen molar-refractivity contribution >= 4 is 5.78 Å². The highest BCUT2D eigenvalue weighted by Gasteiger charge is 2.06. The van der Waals surface area contributed by atoms with E-state index in [2.05, 4.69) is 0 Å². The molecule has 2 N–H and O–H groups in total. The Morgan fingerprint density at radius 3 is 1.00 bits per heavy atom. The third kappa shape index (κ3) is 25.6. The molecule has 192 valence electrons. The molecule has 0 saturated carbocycles. The van der Waals surface area contributed by atoms with E-state index < -0.39 is 0 Å². The highest BCUT2D eigenvalue weighted by atomic mass is 16.6. The predicted molar refractivity (Wildman–Crippen MR) is 120 cm³/mol. The molecule has 0 fully saturated rings. The molecule has 0 aliphatic rings. The third-order valence-electron chi connectivity index (χ3n) is 4.00. The van der Waals surface area contributed by atoms with E-state index in [9.17, 15) is 4.79 Å². The van der Waals surface area contributed by atoms with Crippen LogP contribution in [0.1, 0.15) is 20.3 Å². The first-order chi connectivity index (χ1) is 15.7. The molecule has 0 heterocycles. The van der Waals surface area contributed by atoms with Gasteiger partial charge in [0.25, 0.3) is 0 Å². The van der Waals surface area contributed by atoms with Gasteiger partial charge in [-0.3, -0.25) is 4.79 Å². The second-order valence-electron chi connectivity index (χ2n) is 7.06. The molecule has 0 saturated heterocycles. The number of rotatable bonds is 27. The molecule has 0 aromatic rings. The quantitative estimate of drug-likeness (QED) is 0.173. The zero-order valence-corrected chi connectivity index (χ0v) is 20.1. The van der Waals surface area contributed by atoms with E-state index in [0.29, 0.717) is 119 Å². The van der Waals surface area contributed by atoms with Crippen LogP contribution in [0.2, 0.25) is 0 Å². The van der Waals surface area contributed by atoms with Crippen molar-refractivity contribution in [1.82, 2.24) is 0 Å². The van der Waals surface area contributed by atoms with Gasteiger partial charge in [0.05, 0.1) is 106 Å². The van der Waals surface area contributed by atoms with Crippen molar-refractivity contribution < 1.29 is 42.7 Å². The fourth-order valence-corrected chi connectivity index (χ4v) is 2.19. The average molecular weight is 468 g/mol. The molecule has 0 aromatic heterocycles. The van der Waals surface area contributed by atoms with Gasteiger partial charge in [-0.2, -0.15) is 0 Å². The minimum Gasteiger partial charge on any atom is -0.379 e. The van der Waals surface area contributed by atoms with Crippen molar-refractivity contribution in [1.29, 1.82) is 0 Å². The van der Waals surface area contributed by atoms with Crippen LogP contribution in [0, 0.1) is 5.92 Å². The van der Waals surface area contributed by atoms with Gasteiger partial charge < -0.3 is 43.6 Å². The number of ketones is 1. The summed E-state index contributed by atoms with van der Waals surface area (Å²) >= 11 is 0. The molecular weight excluding hydrogens is 422 g/mol. The van der Waals surface area contributed by atoms with Crippen molar-refractivity contribution in [2.24, 2.45) is 11.7 Å². The Labute approximate surface area is 193 Å². The largest absolute Gasteiger partial charge is 0.379 e. The van der Waals surface area contributed by atoms with Gasteiger partial charge in [0, 0.05) is 18.9 Å². The first kappa shape index (κ1) is 31.3. The van der Waals surface area contributed by atoms with E-state index in [1.807, 2.05) is 13.8 Å². The number of carbonyl (C=O) groups excluding carboxylic acids is 1. The van der Waals surface area contributed by atoms with Gasteiger partial charge in [0.15, 0.2) is 0 Å². The van der Waals surface area contributed by atoms with Gasteiger partial charge in [-0.25, -0.2) is 0 Å². The molecule has 0 spiro atoms. The average Bonchev–Trinajstić information content (AvgIpc) is 2.78. The molecule has 0 radical (unpaired) electrons. The second-order valence-corrected chi connectivity index (χ2v) is 7.06. The zero-order valence-electron chi connectivity index (χ0n) is 20.1. The third-order valence-corrected chi connectivity index (χ3v) is 4.00. The second kappa shape index (κ2) is 26.6. The van der Waals surface area contributed by atoms with Gasteiger partial charge in [0.2, 0.25) is 0 Å². The summed E-state index contributed by atoms with van der Waals surface area (Å²) < 4.78 is 42.9. The molecule has 0 amide bonds. The summed E-state index contributed by atoms with van der Waals surface area (Å²) in [4.78, 5) is 11.4. The van der Waals surface area contributed by atoms with E-state index in [0.717, 1.165) is 0 Å². The standard InChI is InChI=1S/C22H45NO9/c1-21(2)22(24)3-5-25-7-9-27-11-13-29-15-17-31-19-20-32-18-16-30-14-12-28-10-8-26-6-4-23/h21H,3-20,23H2,1-2H3. The lowest BCUT2D eigenvalue weighted by Gasteiger charge is -2.08. The SMILES string of the molecule is CC(C)C(=O)CCOCCOCCOCCOCCOCCOCCOCCOCCN. The lowest BCUT2D eigenvalue weighted by Crippen LogP contribution is -2.15. The van der Waals surface area contributed by atoms with Crippen LogP contribution in [0.5, 0.6) is 0 Å². The molecule has 0 atom stereocenters. The van der Waals surface area contributed by atoms with Crippen LogP contribution in [0.25, 0.3) is 0 Å². The molecule has 0 aromatic carbocycles. The number of ether oxygens (including phenoxy) is 8. The number of carbonyl (C=O) groups is 1. The maximum absolute atomic E-state index is 11.4. The highest BCUT2D eigenvalue weighted by molar-refractivity contribution is 5.80. The van der Waals surface area contributed by atoms with Crippen LogP contribution in [0.3, 0.4) is 0 Å². The Morgan fingerprint density at radius 1 is 0.500 bits per heavy atom. The maximum Gasteiger partial charge on any atom is 0.137 e.